The van der Waals surface area contributed by atoms with Crippen molar-refractivity contribution in [2.75, 3.05) is 13.7 Å². The summed E-state index contributed by atoms with van der Waals surface area (Å²) in [4.78, 5) is 0. The van der Waals surface area contributed by atoms with Crippen molar-refractivity contribution in [2.24, 2.45) is 5.73 Å². The van der Waals surface area contributed by atoms with Gasteiger partial charge in [-0.1, -0.05) is 19.9 Å². The second kappa shape index (κ2) is 7.80. The molecule has 0 spiro atoms. The molecular formula is C16H24F3NO. The van der Waals surface area contributed by atoms with Crippen molar-refractivity contribution in [3.8, 4) is 0 Å². The second-order valence-corrected chi connectivity index (χ2v) is 5.72. The maximum absolute atomic E-state index is 12.9. The van der Waals surface area contributed by atoms with Crippen LogP contribution in [-0.2, 0) is 17.3 Å². The van der Waals surface area contributed by atoms with Crippen LogP contribution in [0.25, 0.3) is 0 Å². The number of benzene rings is 1. The molecule has 0 bridgehead atoms. The Labute approximate surface area is 124 Å². The third-order valence-corrected chi connectivity index (χ3v) is 3.43. The van der Waals surface area contributed by atoms with E-state index in [0.29, 0.717) is 13.0 Å². The number of hydrogen-bond acceptors (Lipinski definition) is 2. The van der Waals surface area contributed by atoms with Gasteiger partial charge in [-0.05, 0) is 48.4 Å². The van der Waals surface area contributed by atoms with Crippen LogP contribution in [0.15, 0.2) is 18.2 Å². The van der Waals surface area contributed by atoms with Crippen molar-refractivity contribution >= 4 is 0 Å². The highest BCUT2D eigenvalue weighted by Gasteiger charge is 2.31. The zero-order valence-electron chi connectivity index (χ0n) is 12.8. The fourth-order valence-corrected chi connectivity index (χ4v) is 2.23. The Hall–Kier alpha value is -1.07. The average Bonchev–Trinajstić information content (AvgIpc) is 2.37. The lowest BCUT2D eigenvalue weighted by Gasteiger charge is -2.15. The predicted octanol–water partition coefficient (Wildman–Crippen LogP) is 4.13. The van der Waals surface area contributed by atoms with Crippen LogP contribution in [0.2, 0.25) is 0 Å². The molecule has 0 amide bonds. The molecule has 21 heavy (non-hydrogen) atoms. The Bertz CT molecular complexity index is 444. The highest BCUT2D eigenvalue weighted by Crippen LogP contribution is 2.32. The summed E-state index contributed by atoms with van der Waals surface area (Å²) in [6, 6.07) is 4.28. The van der Waals surface area contributed by atoms with E-state index in [2.05, 4.69) is 0 Å². The van der Waals surface area contributed by atoms with E-state index in [1.54, 1.807) is 7.11 Å². The first-order chi connectivity index (χ1) is 9.74. The van der Waals surface area contributed by atoms with Crippen molar-refractivity contribution < 1.29 is 17.9 Å². The lowest BCUT2D eigenvalue weighted by atomic mass is 9.95. The molecule has 0 saturated heterocycles. The average molecular weight is 303 g/mol. The maximum Gasteiger partial charge on any atom is 0.416 e. The van der Waals surface area contributed by atoms with E-state index in [9.17, 15) is 13.2 Å². The highest BCUT2D eigenvalue weighted by atomic mass is 19.4. The van der Waals surface area contributed by atoms with Crippen LogP contribution in [0.4, 0.5) is 13.2 Å². The van der Waals surface area contributed by atoms with Gasteiger partial charge >= 0.3 is 6.18 Å². The highest BCUT2D eigenvalue weighted by molar-refractivity contribution is 5.33. The van der Waals surface area contributed by atoms with Gasteiger partial charge in [0.15, 0.2) is 0 Å². The molecule has 1 aromatic carbocycles. The maximum atomic E-state index is 12.9. The van der Waals surface area contributed by atoms with Crippen molar-refractivity contribution in [1.82, 2.24) is 0 Å². The Morgan fingerprint density at radius 3 is 2.38 bits per heavy atom. The molecule has 0 aliphatic carbocycles. The molecule has 120 valence electrons. The van der Waals surface area contributed by atoms with Crippen LogP contribution >= 0.6 is 0 Å². The summed E-state index contributed by atoms with van der Waals surface area (Å²) in [5.41, 5.74) is 6.70. The fourth-order valence-electron chi connectivity index (χ4n) is 2.23. The molecule has 0 saturated carbocycles. The van der Waals surface area contributed by atoms with E-state index in [1.807, 2.05) is 19.9 Å². The smallest absolute Gasteiger partial charge is 0.383 e. The summed E-state index contributed by atoms with van der Waals surface area (Å²) in [5, 5.41) is 0. The molecule has 2 nitrogen and oxygen atoms in total. The molecule has 5 heteroatoms. The first-order valence-corrected chi connectivity index (χ1v) is 7.19. The molecule has 0 fully saturated rings. The van der Waals surface area contributed by atoms with Gasteiger partial charge in [-0.2, -0.15) is 13.2 Å². The molecule has 1 rings (SSSR count). The minimum atomic E-state index is -4.30. The Morgan fingerprint density at radius 1 is 1.19 bits per heavy atom. The normalized spacial score (nSPS) is 13.7. The standard InChI is InChI=1S/C16H24F3NO/c1-11(2)13-7-12(5-4-6-15(20)10-21-3)8-14(9-13)16(17,18)19/h7-9,11,15H,4-6,10,20H2,1-3H3/t15-/m1/s1. The van der Waals surface area contributed by atoms with Gasteiger partial charge in [0.1, 0.15) is 0 Å². The fraction of sp³-hybridized carbons (Fsp3) is 0.625. The Kier molecular flexibility index (Phi) is 6.68. The first kappa shape index (κ1) is 18.0. The zero-order valence-corrected chi connectivity index (χ0v) is 12.8. The summed E-state index contributed by atoms with van der Waals surface area (Å²) in [6.45, 7) is 4.27. The van der Waals surface area contributed by atoms with Gasteiger partial charge in [-0.15, -0.1) is 0 Å². The number of nitrogens with two attached hydrogens (primary N) is 1. The Balaban J connectivity index is 2.79. The van der Waals surface area contributed by atoms with Crippen molar-refractivity contribution in [2.45, 2.75) is 51.2 Å². The quantitative estimate of drug-likeness (QED) is 0.822. The molecule has 0 radical (unpaired) electrons. The number of methoxy groups -OCH3 is 1. The molecule has 0 heterocycles. The summed E-state index contributed by atoms with van der Waals surface area (Å²) in [7, 11) is 1.58. The lowest BCUT2D eigenvalue weighted by Crippen LogP contribution is -2.25. The predicted molar refractivity (Wildman–Crippen MR) is 78.3 cm³/mol. The molecule has 2 N–H and O–H groups in total. The molecule has 1 atom stereocenters. The number of rotatable bonds is 7. The molecular weight excluding hydrogens is 279 g/mol. The lowest BCUT2D eigenvalue weighted by molar-refractivity contribution is -0.137. The van der Waals surface area contributed by atoms with E-state index in [1.165, 1.54) is 12.1 Å². The summed E-state index contributed by atoms with van der Waals surface area (Å²) in [5.74, 6) is 0.0711. The molecule has 1 aromatic rings. The monoisotopic (exact) mass is 303 g/mol. The number of hydrogen-bond donors (Lipinski definition) is 1. The topological polar surface area (TPSA) is 35.2 Å². The van der Waals surface area contributed by atoms with E-state index in [-0.39, 0.29) is 12.0 Å². The first-order valence-electron chi connectivity index (χ1n) is 7.19. The van der Waals surface area contributed by atoms with Gasteiger partial charge in [0.25, 0.3) is 0 Å². The van der Waals surface area contributed by atoms with Gasteiger partial charge in [0.05, 0.1) is 12.2 Å². The minimum absolute atomic E-state index is 0.0645. The number of halogens is 3. The van der Waals surface area contributed by atoms with Crippen LogP contribution in [0.1, 0.15) is 49.3 Å². The van der Waals surface area contributed by atoms with Gasteiger partial charge in [-0.3, -0.25) is 0 Å². The number of aryl methyl sites for hydroxylation is 1. The van der Waals surface area contributed by atoms with Crippen molar-refractivity contribution in [3.05, 3.63) is 34.9 Å². The van der Waals surface area contributed by atoms with Crippen LogP contribution in [0.3, 0.4) is 0 Å². The largest absolute Gasteiger partial charge is 0.416 e. The van der Waals surface area contributed by atoms with Crippen LogP contribution in [0, 0.1) is 0 Å². The molecule has 0 aromatic heterocycles. The van der Waals surface area contributed by atoms with E-state index in [0.717, 1.165) is 24.0 Å². The summed E-state index contributed by atoms with van der Waals surface area (Å²) in [6.07, 6.45) is -2.21. The van der Waals surface area contributed by atoms with Crippen molar-refractivity contribution in [1.29, 1.82) is 0 Å². The summed E-state index contributed by atoms with van der Waals surface area (Å²) >= 11 is 0. The van der Waals surface area contributed by atoms with Gasteiger partial charge in [0, 0.05) is 13.2 Å². The van der Waals surface area contributed by atoms with E-state index >= 15 is 0 Å². The number of ether oxygens (including phenoxy) is 1. The summed E-state index contributed by atoms with van der Waals surface area (Å²) < 4.78 is 43.7. The van der Waals surface area contributed by atoms with Gasteiger partial charge in [-0.25, -0.2) is 0 Å². The Morgan fingerprint density at radius 2 is 1.86 bits per heavy atom. The van der Waals surface area contributed by atoms with Gasteiger partial charge < -0.3 is 10.5 Å². The molecule has 0 aliphatic rings. The molecule has 0 aliphatic heterocycles. The SMILES string of the molecule is COC[C@H](N)CCCc1cc(C(C)C)cc(C(F)(F)F)c1. The third-order valence-electron chi connectivity index (χ3n) is 3.43. The third kappa shape index (κ3) is 6.06. The van der Waals surface area contributed by atoms with Crippen LogP contribution in [-0.4, -0.2) is 19.8 Å². The van der Waals surface area contributed by atoms with Gasteiger partial charge in [0.2, 0.25) is 0 Å². The second-order valence-electron chi connectivity index (χ2n) is 5.72. The number of alkyl halides is 3. The van der Waals surface area contributed by atoms with Crippen LogP contribution < -0.4 is 5.73 Å². The van der Waals surface area contributed by atoms with Crippen molar-refractivity contribution in [3.63, 3.8) is 0 Å². The van der Waals surface area contributed by atoms with Crippen LogP contribution in [0.5, 0.6) is 0 Å². The zero-order chi connectivity index (χ0) is 16.0. The minimum Gasteiger partial charge on any atom is -0.383 e. The van der Waals surface area contributed by atoms with E-state index in [4.69, 9.17) is 10.5 Å². The van der Waals surface area contributed by atoms with E-state index < -0.39 is 11.7 Å². The molecule has 0 unspecified atom stereocenters.